The van der Waals surface area contributed by atoms with Gasteiger partial charge in [-0.25, -0.2) is 24.3 Å². The number of anilines is 2. The van der Waals surface area contributed by atoms with E-state index >= 15 is 0 Å². The van der Waals surface area contributed by atoms with E-state index in [-0.39, 0.29) is 22.3 Å². The van der Waals surface area contributed by atoms with Gasteiger partial charge in [0.15, 0.2) is 10.8 Å². The van der Waals surface area contributed by atoms with Gasteiger partial charge in [0.25, 0.3) is 5.91 Å². The van der Waals surface area contributed by atoms with Crippen molar-refractivity contribution in [2.75, 3.05) is 23.3 Å². The molecule has 0 unspecified atom stereocenters. The molecule has 2 fully saturated rings. The molecule has 1 saturated heterocycles. The van der Waals surface area contributed by atoms with E-state index in [9.17, 15) is 22.4 Å². The summed E-state index contributed by atoms with van der Waals surface area (Å²) in [6.45, 7) is 2.12. The van der Waals surface area contributed by atoms with Crippen molar-refractivity contribution in [1.29, 1.82) is 0 Å². The molecule has 14 heteroatoms. The lowest BCUT2D eigenvalue weighted by Crippen LogP contribution is -2.35. The topological polar surface area (TPSA) is 93.8 Å². The van der Waals surface area contributed by atoms with Gasteiger partial charge in [0, 0.05) is 43.0 Å². The van der Waals surface area contributed by atoms with E-state index < -0.39 is 24.3 Å². The molecule has 40 heavy (non-hydrogen) atoms. The number of aromatic nitrogens is 6. The van der Waals surface area contributed by atoms with Crippen LogP contribution in [0.2, 0.25) is 0 Å². The van der Waals surface area contributed by atoms with Gasteiger partial charge < -0.3 is 19.4 Å². The Labute approximate surface area is 230 Å². The van der Waals surface area contributed by atoms with Gasteiger partial charge in [-0.15, -0.1) is 11.3 Å². The van der Waals surface area contributed by atoms with Crippen LogP contribution in [0.1, 0.15) is 60.7 Å². The highest BCUT2D eigenvalue weighted by molar-refractivity contribution is 7.13. The number of pyridine rings is 1. The van der Waals surface area contributed by atoms with Crippen molar-refractivity contribution in [2.24, 2.45) is 0 Å². The first-order chi connectivity index (χ1) is 19.2. The Morgan fingerprint density at radius 1 is 1.12 bits per heavy atom. The minimum Gasteiger partial charge on any atom is -0.368 e. The average molecular weight is 575 g/mol. The highest BCUT2D eigenvalue weighted by atomic mass is 32.1. The number of carbonyl (C=O) groups excluding carboxylic acids is 1. The van der Waals surface area contributed by atoms with E-state index in [0.717, 1.165) is 47.1 Å². The smallest absolute Gasteiger partial charge is 0.368 e. The van der Waals surface area contributed by atoms with Crippen LogP contribution >= 0.6 is 11.3 Å². The van der Waals surface area contributed by atoms with Gasteiger partial charge in [-0.1, -0.05) is 0 Å². The lowest BCUT2D eigenvalue weighted by Gasteiger charge is -2.32. The Kier molecular flexibility index (Phi) is 6.80. The van der Waals surface area contributed by atoms with Crippen LogP contribution in [0.25, 0.3) is 16.5 Å². The SMILES string of the molecule is C[C@H](n1ccnc1-c1nc(NC(=O)c2cc(-n3cnc(C4CC4)c3)c(N3CCC(F)CC3)cn2)cs1)C(F)(F)F. The maximum absolute atomic E-state index is 13.8. The Balaban J connectivity index is 1.25. The third-order valence-electron chi connectivity index (χ3n) is 7.23. The molecule has 0 radical (unpaired) electrons. The van der Waals surface area contributed by atoms with E-state index in [1.807, 2.05) is 10.8 Å². The Morgan fingerprint density at radius 2 is 1.90 bits per heavy atom. The van der Waals surface area contributed by atoms with Crippen LogP contribution in [0.4, 0.5) is 29.1 Å². The first kappa shape index (κ1) is 26.4. The molecule has 1 aliphatic carbocycles. The zero-order valence-electron chi connectivity index (χ0n) is 21.5. The lowest BCUT2D eigenvalue weighted by atomic mass is 10.1. The molecule has 5 heterocycles. The van der Waals surface area contributed by atoms with Gasteiger partial charge in [0.2, 0.25) is 0 Å². The lowest BCUT2D eigenvalue weighted by molar-refractivity contribution is -0.162. The molecule has 4 aromatic rings. The molecule has 1 amide bonds. The van der Waals surface area contributed by atoms with Crippen LogP contribution in [0.15, 0.2) is 42.6 Å². The first-order valence-electron chi connectivity index (χ1n) is 13.0. The van der Waals surface area contributed by atoms with Crippen molar-refractivity contribution in [3.05, 3.63) is 53.9 Å². The van der Waals surface area contributed by atoms with Crippen molar-refractivity contribution in [1.82, 2.24) is 29.1 Å². The van der Waals surface area contributed by atoms with Crippen LogP contribution in [-0.4, -0.2) is 60.4 Å². The molecule has 2 aliphatic rings. The van der Waals surface area contributed by atoms with Crippen molar-refractivity contribution in [2.45, 2.75) is 56.9 Å². The van der Waals surface area contributed by atoms with Crippen LogP contribution in [0.5, 0.6) is 0 Å². The molecular formula is C26H26F4N8OS. The first-order valence-corrected chi connectivity index (χ1v) is 13.9. The maximum atomic E-state index is 13.8. The molecule has 1 aliphatic heterocycles. The third kappa shape index (κ3) is 5.31. The van der Waals surface area contributed by atoms with E-state index in [4.69, 9.17) is 0 Å². The molecule has 0 aromatic carbocycles. The largest absolute Gasteiger partial charge is 0.408 e. The number of nitrogens with one attached hydrogen (secondary N) is 1. The maximum Gasteiger partial charge on any atom is 0.408 e. The molecule has 1 saturated carbocycles. The Bertz CT molecular complexity index is 1520. The summed E-state index contributed by atoms with van der Waals surface area (Å²) in [4.78, 5) is 32.5. The van der Waals surface area contributed by atoms with Crippen molar-refractivity contribution >= 4 is 28.7 Å². The average Bonchev–Trinajstić information content (AvgIpc) is 3.30. The summed E-state index contributed by atoms with van der Waals surface area (Å²) in [6, 6.07) is -0.123. The fourth-order valence-electron chi connectivity index (χ4n) is 4.72. The van der Waals surface area contributed by atoms with Gasteiger partial charge in [-0.05, 0) is 38.7 Å². The molecule has 4 aromatic heterocycles. The number of amides is 1. The number of piperidine rings is 1. The molecule has 6 rings (SSSR count). The number of hydrogen-bond acceptors (Lipinski definition) is 7. The predicted octanol–water partition coefficient (Wildman–Crippen LogP) is 5.78. The fourth-order valence-corrected chi connectivity index (χ4v) is 5.47. The fraction of sp³-hybridized carbons (Fsp3) is 0.423. The number of alkyl halides is 4. The molecular weight excluding hydrogens is 548 g/mol. The third-order valence-corrected chi connectivity index (χ3v) is 8.07. The van der Waals surface area contributed by atoms with E-state index in [1.165, 1.54) is 12.4 Å². The summed E-state index contributed by atoms with van der Waals surface area (Å²) in [5.41, 5.74) is 2.61. The summed E-state index contributed by atoms with van der Waals surface area (Å²) in [5, 5.41) is 4.47. The van der Waals surface area contributed by atoms with Gasteiger partial charge in [-0.2, -0.15) is 13.2 Å². The highest BCUT2D eigenvalue weighted by Gasteiger charge is 2.38. The number of nitrogens with zero attached hydrogens (tertiary/aromatic N) is 7. The van der Waals surface area contributed by atoms with Crippen LogP contribution in [-0.2, 0) is 0 Å². The molecule has 0 bridgehead atoms. The minimum absolute atomic E-state index is 0.0590. The normalized spacial score (nSPS) is 17.3. The van der Waals surface area contributed by atoms with Crippen LogP contribution in [0, 0.1) is 0 Å². The number of carbonyl (C=O) groups is 1. The van der Waals surface area contributed by atoms with Crippen molar-refractivity contribution in [3.8, 4) is 16.5 Å². The monoisotopic (exact) mass is 574 g/mol. The highest BCUT2D eigenvalue weighted by Crippen LogP contribution is 2.40. The van der Waals surface area contributed by atoms with Crippen molar-refractivity contribution < 1.29 is 22.4 Å². The number of halogens is 4. The summed E-state index contributed by atoms with van der Waals surface area (Å²) in [7, 11) is 0. The van der Waals surface area contributed by atoms with E-state index in [1.54, 1.807) is 24.0 Å². The minimum atomic E-state index is -4.45. The van der Waals surface area contributed by atoms with E-state index in [2.05, 4.69) is 30.2 Å². The predicted molar refractivity (Wildman–Crippen MR) is 142 cm³/mol. The second-order valence-electron chi connectivity index (χ2n) is 10.1. The summed E-state index contributed by atoms with van der Waals surface area (Å²) < 4.78 is 56.5. The number of hydrogen-bond donors (Lipinski definition) is 1. The number of imidazole rings is 2. The zero-order valence-corrected chi connectivity index (χ0v) is 22.3. The quantitative estimate of drug-likeness (QED) is 0.282. The summed E-state index contributed by atoms with van der Waals surface area (Å²) in [5.74, 6) is 0.158. The molecule has 9 nitrogen and oxygen atoms in total. The zero-order chi connectivity index (χ0) is 28.0. The second kappa shape index (κ2) is 10.3. The Morgan fingerprint density at radius 3 is 2.62 bits per heavy atom. The number of rotatable bonds is 7. The molecule has 0 spiro atoms. The van der Waals surface area contributed by atoms with Crippen molar-refractivity contribution in [3.63, 3.8) is 0 Å². The standard InChI is InChI=1S/C26H26F4N8OS/c1-15(26(28,29)30)38-9-6-31-23(38)25-35-22(13-40-25)34-24(39)18-10-20(37-12-19(33-14-37)16-2-3-16)21(11-32-18)36-7-4-17(27)5-8-36/h6,9-17H,2-5,7-8H2,1H3,(H,34,39)/t15-/m0/s1. The molecule has 210 valence electrons. The Hall–Kier alpha value is -3.81. The molecule has 1 atom stereocenters. The number of thiazole rings is 1. The van der Waals surface area contributed by atoms with Crippen LogP contribution in [0.3, 0.4) is 0 Å². The second-order valence-corrected chi connectivity index (χ2v) is 10.9. The van der Waals surface area contributed by atoms with E-state index in [0.29, 0.717) is 37.5 Å². The summed E-state index contributed by atoms with van der Waals surface area (Å²) >= 11 is 1.07. The summed E-state index contributed by atoms with van der Waals surface area (Å²) in [6.07, 6.45) is 5.58. The van der Waals surface area contributed by atoms with Gasteiger partial charge >= 0.3 is 6.18 Å². The molecule has 1 N–H and O–H groups in total. The van der Waals surface area contributed by atoms with Gasteiger partial charge in [0.1, 0.15) is 23.7 Å². The van der Waals surface area contributed by atoms with Gasteiger partial charge in [-0.3, -0.25) is 4.79 Å². The van der Waals surface area contributed by atoms with Crippen LogP contribution < -0.4 is 10.2 Å². The van der Waals surface area contributed by atoms with Gasteiger partial charge in [0.05, 0.1) is 29.6 Å².